The van der Waals surface area contributed by atoms with Gasteiger partial charge in [-0.3, -0.25) is 0 Å². The van der Waals surface area contributed by atoms with E-state index in [-0.39, 0.29) is 0 Å². The molecule has 0 unspecified atom stereocenters. The molecule has 0 aliphatic heterocycles. The smallest absolute Gasteiger partial charge is 0.00218 e. The molecule has 2 nitrogen and oxygen atoms in total. The highest BCUT2D eigenvalue weighted by Crippen LogP contribution is 2.03. The van der Waals surface area contributed by atoms with Gasteiger partial charge in [0.05, 0.1) is 0 Å². The first kappa shape index (κ1) is 15.9. The van der Waals surface area contributed by atoms with Crippen molar-refractivity contribution in [3.63, 3.8) is 0 Å². The van der Waals surface area contributed by atoms with Crippen LogP contribution in [0, 0.1) is 0 Å². The Labute approximate surface area is 103 Å². The summed E-state index contributed by atoms with van der Waals surface area (Å²) in [7, 11) is 6.57. The van der Waals surface area contributed by atoms with Crippen LogP contribution in [-0.4, -0.2) is 50.6 Å². The van der Waals surface area contributed by atoms with Crippen molar-refractivity contribution in [1.29, 1.82) is 0 Å². The van der Waals surface area contributed by atoms with Crippen molar-refractivity contribution in [2.75, 3.05) is 40.8 Å². The average Bonchev–Trinajstić information content (AvgIpc) is 2.23. The van der Waals surface area contributed by atoms with Gasteiger partial charge < -0.3 is 9.80 Å². The molecule has 2 heteroatoms. The third kappa shape index (κ3) is 12.0. The highest BCUT2D eigenvalue weighted by molar-refractivity contribution is 4.53. The number of hydrogen-bond acceptors (Lipinski definition) is 2. The van der Waals surface area contributed by atoms with Crippen molar-refractivity contribution in [1.82, 2.24) is 9.80 Å². The number of unbranched alkanes of at least 4 members (excludes halogenated alkanes) is 5. The Morgan fingerprint density at radius 2 is 1.12 bits per heavy atom. The highest BCUT2D eigenvalue weighted by atomic mass is 15.1. The molecule has 98 valence electrons. The Hall–Kier alpha value is -0.0800. The summed E-state index contributed by atoms with van der Waals surface area (Å²) in [5, 5.41) is 0. The minimum absolute atomic E-state index is 1.24. The zero-order chi connectivity index (χ0) is 12.2. The van der Waals surface area contributed by atoms with Gasteiger partial charge in [0.15, 0.2) is 0 Å². The SMILES string of the molecule is CCCCCN(C)CCCCCCN(C)C. The van der Waals surface area contributed by atoms with Crippen molar-refractivity contribution in [3.8, 4) is 0 Å². The molecule has 0 spiro atoms. The second-order valence-corrected chi connectivity index (χ2v) is 5.23. The summed E-state index contributed by atoms with van der Waals surface area (Å²) < 4.78 is 0. The number of rotatable bonds is 11. The molecular formula is C14H32N2. The van der Waals surface area contributed by atoms with Crippen LogP contribution in [0.5, 0.6) is 0 Å². The molecule has 0 aliphatic rings. The second kappa shape index (κ2) is 11.4. The highest BCUT2D eigenvalue weighted by Gasteiger charge is 1.98. The van der Waals surface area contributed by atoms with Crippen molar-refractivity contribution >= 4 is 0 Å². The standard InChI is InChI=1S/C14H32N2/c1-5-6-9-13-16(4)14-11-8-7-10-12-15(2)3/h5-14H2,1-4H3. The normalized spacial score (nSPS) is 11.6. The van der Waals surface area contributed by atoms with Gasteiger partial charge in [0.1, 0.15) is 0 Å². The van der Waals surface area contributed by atoms with E-state index in [2.05, 4.69) is 37.9 Å². The minimum Gasteiger partial charge on any atom is -0.309 e. The second-order valence-electron chi connectivity index (χ2n) is 5.23. The lowest BCUT2D eigenvalue weighted by molar-refractivity contribution is 0.313. The molecule has 0 radical (unpaired) electrons. The average molecular weight is 228 g/mol. The summed E-state index contributed by atoms with van der Waals surface area (Å²) in [4.78, 5) is 4.76. The number of nitrogens with zero attached hydrogens (tertiary/aromatic N) is 2. The van der Waals surface area contributed by atoms with E-state index in [1.165, 1.54) is 64.6 Å². The van der Waals surface area contributed by atoms with E-state index in [9.17, 15) is 0 Å². The predicted octanol–water partition coefficient (Wildman–Crippen LogP) is 3.23. The maximum absolute atomic E-state index is 2.49. The molecule has 0 atom stereocenters. The lowest BCUT2D eigenvalue weighted by atomic mass is 10.2. The van der Waals surface area contributed by atoms with Crippen LogP contribution in [0.15, 0.2) is 0 Å². The molecule has 0 saturated heterocycles. The van der Waals surface area contributed by atoms with Gasteiger partial charge in [-0.1, -0.05) is 32.6 Å². The summed E-state index contributed by atoms with van der Waals surface area (Å²) in [5.74, 6) is 0. The van der Waals surface area contributed by atoms with Crippen LogP contribution in [-0.2, 0) is 0 Å². The molecule has 0 amide bonds. The van der Waals surface area contributed by atoms with E-state index in [1.54, 1.807) is 0 Å². The van der Waals surface area contributed by atoms with Crippen LogP contribution < -0.4 is 0 Å². The van der Waals surface area contributed by atoms with E-state index in [0.29, 0.717) is 0 Å². The summed E-state index contributed by atoms with van der Waals surface area (Å²) in [6.45, 7) is 6.08. The summed E-state index contributed by atoms with van der Waals surface area (Å²) in [6, 6.07) is 0. The van der Waals surface area contributed by atoms with Crippen molar-refractivity contribution in [3.05, 3.63) is 0 Å². The maximum atomic E-state index is 2.49. The first-order chi connectivity index (χ1) is 7.66. The third-order valence-corrected chi connectivity index (χ3v) is 3.04. The molecule has 0 rings (SSSR count). The van der Waals surface area contributed by atoms with Gasteiger partial charge in [0, 0.05) is 0 Å². The predicted molar refractivity (Wildman–Crippen MR) is 74.0 cm³/mol. The largest absolute Gasteiger partial charge is 0.309 e. The molecule has 16 heavy (non-hydrogen) atoms. The Kier molecular flexibility index (Phi) is 11.3. The van der Waals surface area contributed by atoms with Gasteiger partial charge in [-0.15, -0.1) is 0 Å². The van der Waals surface area contributed by atoms with Crippen molar-refractivity contribution < 1.29 is 0 Å². The van der Waals surface area contributed by atoms with Crippen LogP contribution in [0.3, 0.4) is 0 Å². The topological polar surface area (TPSA) is 6.48 Å². The Balaban J connectivity index is 3.12. The third-order valence-electron chi connectivity index (χ3n) is 3.04. The first-order valence-corrected chi connectivity index (χ1v) is 7.00. The molecule has 0 aromatic rings. The van der Waals surface area contributed by atoms with Gasteiger partial charge in [-0.05, 0) is 60.0 Å². The van der Waals surface area contributed by atoms with Crippen molar-refractivity contribution in [2.24, 2.45) is 0 Å². The molecule has 0 heterocycles. The Morgan fingerprint density at radius 3 is 1.62 bits per heavy atom. The van der Waals surface area contributed by atoms with Gasteiger partial charge in [-0.25, -0.2) is 0 Å². The van der Waals surface area contributed by atoms with Crippen LogP contribution >= 0.6 is 0 Å². The van der Waals surface area contributed by atoms with Crippen LogP contribution in [0.1, 0.15) is 51.9 Å². The zero-order valence-corrected chi connectivity index (χ0v) is 12.0. The Bertz CT molecular complexity index is 135. The summed E-state index contributed by atoms with van der Waals surface area (Å²) >= 11 is 0. The molecular weight excluding hydrogens is 196 g/mol. The maximum Gasteiger partial charge on any atom is -0.00218 e. The number of hydrogen-bond donors (Lipinski definition) is 0. The van der Waals surface area contributed by atoms with E-state index < -0.39 is 0 Å². The molecule has 0 aliphatic carbocycles. The Morgan fingerprint density at radius 1 is 0.625 bits per heavy atom. The monoisotopic (exact) mass is 228 g/mol. The quantitative estimate of drug-likeness (QED) is 0.501. The first-order valence-electron chi connectivity index (χ1n) is 7.00. The van der Waals surface area contributed by atoms with E-state index >= 15 is 0 Å². The molecule has 0 fully saturated rings. The fourth-order valence-electron chi connectivity index (χ4n) is 1.91. The lowest BCUT2D eigenvalue weighted by Gasteiger charge is -2.16. The molecule has 0 aromatic carbocycles. The molecule has 0 bridgehead atoms. The van der Waals surface area contributed by atoms with Gasteiger partial charge in [0.25, 0.3) is 0 Å². The van der Waals surface area contributed by atoms with Gasteiger partial charge in [-0.2, -0.15) is 0 Å². The fraction of sp³-hybridized carbons (Fsp3) is 1.00. The van der Waals surface area contributed by atoms with Crippen molar-refractivity contribution in [2.45, 2.75) is 51.9 Å². The van der Waals surface area contributed by atoms with Crippen LogP contribution in [0.25, 0.3) is 0 Å². The summed E-state index contributed by atoms with van der Waals surface area (Å²) in [5.41, 5.74) is 0. The van der Waals surface area contributed by atoms with Gasteiger partial charge in [0.2, 0.25) is 0 Å². The molecule has 0 saturated carbocycles. The lowest BCUT2D eigenvalue weighted by Crippen LogP contribution is -2.20. The molecule has 0 N–H and O–H groups in total. The van der Waals surface area contributed by atoms with Gasteiger partial charge >= 0.3 is 0 Å². The molecule has 0 aromatic heterocycles. The van der Waals surface area contributed by atoms with E-state index in [1.807, 2.05) is 0 Å². The van der Waals surface area contributed by atoms with E-state index in [4.69, 9.17) is 0 Å². The van der Waals surface area contributed by atoms with E-state index in [0.717, 1.165) is 0 Å². The minimum atomic E-state index is 1.24. The fourth-order valence-corrected chi connectivity index (χ4v) is 1.91. The zero-order valence-electron chi connectivity index (χ0n) is 12.0. The van der Waals surface area contributed by atoms with Crippen LogP contribution in [0.2, 0.25) is 0 Å². The summed E-state index contributed by atoms with van der Waals surface area (Å²) in [6.07, 6.45) is 9.59. The van der Waals surface area contributed by atoms with Crippen LogP contribution in [0.4, 0.5) is 0 Å².